The highest BCUT2D eigenvalue weighted by Crippen LogP contribution is 2.28. The maximum atomic E-state index is 13.4. The Morgan fingerprint density at radius 1 is 1.20 bits per heavy atom. The molecule has 1 N–H and O–H groups in total. The summed E-state index contributed by atoms with van der Waals surface area (Å²) in [5.74, 6) is -1.65. The second-order valence-corrected chi connectivity index (χ2v) is 9.65. The van der Waals surface area contributed by atoms with E-state index >= 15 is 0 Å². The normalized spacial score (nSPS) is 15.3. The molecule has 178 valence electrons. The van der Waals surface area contributed by atoms with Gasteiger partial charge in [-0.1, -0.05) is 30.3 Å². The summed E-state index contributed by atoms with van der Waals surface area (Å²) in [7, 11) is 1.40. The molecule has 1 atom stereocenters. The maximum Gasteiger partial charge on any atom is 0.299 e. The predicted octanol–water partition coefficient (Wildman–Crippen LogP) is 3.08. The van der Waals surface area contributed by atoms with Crippen LogP contribution >= 0.6 is 22.9 Å². The molecule has 2 amide bonds. The number of amides is 2. The third-order valence-corrected chi connectivity index (χ3v) is 7.20. The van der Waals surface area contributed by atoms with E-state index in [1.54, 1.807) is 10.3 Å². The fraction of sp³-hybridized carbons (Fsp3) is 0.261. The third kappa shape index (κ3) is 4.75. The quantitative estimate of drug-likeness (QED) is 0.298. The van der Waals surface area contributed by atoms with Crippen molar-refractivity contribution in [2.75, 3.05) is 25.5 Å². The zero-order valence-electron chi connectivity index (χ0n) is 18.6. The Morgan fingerprint density at radius 2 is 2.03 bits per heavy atom. The molecule has 1 aliphatic rings. The molecule has 5 rings (SSSR count). The highest BCUT2D eigenvalue weighted by atomic mass is 32.1. The summed E-state index contributed by atoms with van der Waals surface area (Å²) in [6.07, 6.45) is 3.28. The summed E-state index contributed by atoms with van der Waals surface area (Å²) in [6, 6.07) is 10.2. The minimum atomic E-state index is -0.862. The summed E-state index contributed by atoms with van der Waals surface area (Å²) < 4.78 is 9.45. The van der Waals surface area contributed by atoms with E-state index in [0.29, 0.717) is 24.1 Å². The highest BCUT2D eigenvalue weighted by Gasteiger charge is 2.32. The minimum absolute atomic E-state index is 0.00151. The fourth-order valence-electron chi connectivity index (χ4n) is 4.01. The summed E-state index contributed by atoms with van der Waals surface area (Å²) in [5, 5.41) is 4.44. The summed E-state index contributed by atoms with van der Waals surface area (Å²) in [6.45, 7) is 1.17. The van der Waals surface area contributed by atoms with Gasteiger partial charge in [0.2, 0.25) is 5.88 Å². The molecule has 4 heterocycles. The SMILES string of the molecule is COc1nc2nsc(C(=O)C(=O)Nc3nccs3)c2nc1C(=O)N1CCC(Cc2ccccc2)C1. The van der Waals surface area contributed by atoms with Crippen molar-refractivity contribution >= 4 is 56.8 Å². The van der Waals surface area contributed by atoms with E-state index in [2.05, 4.69) is 36.8 Å². The first-order valence-electron chi connectivity index (χ1n) is 10.8. The largest absolute Gasteiger partial charge is 0.479 e. The first-order valence-corrected chi connectivity index (χ1v) is 12.5. The lowest BCUT2D eigenvalue weighted by Gasteiger charge is -2.17. The van der Waals surface area contributed by atoms with E-state index in [-0.39, 0.29) is 33.5 Å². The van der Waals surface area contributed by atoms with E-state index in [9.17, 15) is 14.4 Å². The Labute approximate surface area is 208 Å². The highest BCUT2D eigenvalue weighted by molar-refractivity contribution is 7.14. The van der Waals surface area contributed by atoms with Gasteiger partial charge in [0.05, 0.1) is 7.11 Å². The lowest BCUT2D eigenvalue weighted by atomic mass is 9.99. The molecule has 0 radical (unpaired) electrons. The number of Topliss-reactive ketones (excluding diaryl/α,β-unsaturated/α-hetero) is 1. The van der Waals surface area contributed by atoms with E-state index in [1.165, 1.54) is 30.2 Å². The number of methoxy groups -OCH3 is 1. The molecule has 0 aliphatic carbocycles. The number of hydrogen-bond acceptors (Lipinski definition) is 10. The molecule has 0 saturated carbocycles. The second kappa shape index (κ2) is 9.84. The standard InChI is InChI=1S/C23H20N6O4S2/c1-33-21-16(22(32)29-9-7-14(12-29)11-13-5-3-2-4-6-13)25-15-18(35-28-19(15)26-21)17(30)20(31)27-23-24-8-10-34-23/h2-6,8,10,14H,7,9,11-12H2,1H3,(H,24,27,31). The number of ketones is 1. The summed E-state index contributed by atoms with van der Waals surface area (Å²) >= 11 is 2.00. The molecule has 4 aromatic rings. The number of benzene rings is 1. The van der Waals surface area contributed by atoms with Crippen molar-refractivity contribution < 1.29 is 19.1 Å². The average Bonchev–Trinajstić information content (AvgIpc) is 3.64. The van der Waals surface area contributed by atoms with Gasteiger partial charge in [-0.05, 0) is 35.9 Å². The zero-order chi connectivity index (χ0) is 24.4. The van der Waals surface area contributed by atoms with Gasteiger partial charge in [-0.3, -0.25) is 19.7 Å². The van der Waals surface area contributed by atoms with Gasteiger partial charge < -0.3 is 9.64 Å². The summed E-state index contributed by atoms with van der Waals surface area (Å²) in [4.78, 5) is 53.0. The third-order valence-electron chi connectivity index (χ3n) is 5.69. The molecule has 0 bridgehead atoms. The van der Waals surface area contributed by atoms with Gasteiger partial charge in [0, 0.05) is 24.7 Å². The monoisotopic (exact) mass is 508 g/mol. The van der Waals surface area contributed by atoms with Gasteiger partial charge in [0.25, 0.3) is 17.6 Å². The van der Waals surface area contributed by atoms with Crippen LogP contribution in [0, 0.1) is 5.92 Å². The van der Waals surface area contributed by atoms with E-state index in [0.717, 1.165) is 24.4 Å². The van der Waals surface area contributed by atoms with Crippen molar-refractivity contribution in [3.63, 3.8) is 0 Å². The summed E-state index contributed by atoms with van der Waals surface area (Å²) in [5.41, 5.74) is 1.46. The smallest absolute Gasteiger partial charge is 0.299 e. The first kappa shape index (κ1) is 23.0. The van der Waals surface area contributed by atoms with Gasteiger partial charge in [-0.2, -0.15) is 9.36 Å². The van der Waals surface area contributed by atoms with Crippen LogP contribution in [0.3, 0.4) is 0 Å². The van der Waals surface area contributed by atoms with Crippen molar-refractivity contribution in [3.05, 3.63) is 58.0 Å². The van der Waals surface area contributed by atoms with Crippen LogP contribution in [0.5, 0.6) is 5.88 Å². The van der Waals surface area contributed by atoms with Crippen LogP contribution < -0.4 is 10.1 Å². The zero-order valence-corrected chi connectivity index (χ0v) is 20.3. The second-order valence-electron chi connectivity index (χ2n) is 7.98. The van der Waals surface area contributed by atoms with Crippen LogP contribution in [0.2, 0.25) is 0 Å². The number of ether oxygens (including phenoxy) is 1. The molecule has 1 aromatic carbocycles. The number of aromatic nitrogens is 4. The number of nitrogens with zero attached hydrogens (tertiary/aromatic N) is 5. The molecule has 0 spiro atoms. The molecule has 12 heteroatoms. The molecule has 10 nitrogen and oxygen atoms in total. The van der Waals surface area contributed by atoms with E-state index < -0.39 is 11.7 Å². The maximum absolute atomic E-state index is 13.4. The van der Waals surface area contributed by atoms with Crippen LogP contribution in [0.15, 0.2) is 41.9 Å². The Bertz CT molecular complexity index is 1390. The van der Waals surface area contributed by atoms with Crippen LogP contribution in [0.4, 0.5) is 5.13 Å². The molecule has 3 aromatic heterocycles. The van der Waals surface area contributed by atoms with Crippen LogP contribution in [0.25, 0.3) is 11.2 Å². The molecule has 1 saturated heterocycles. The van der Waals surface area contributed by atoms with Crippen LogP contribution in [-0.4, -0.2) is 62.0 Å². The molecule has 1 unspecified atom stereocenters. The van der Waals surface area contributed by atoms with Gasteiger partial charge >= 0.3 is 0 Å². The lowest BCUT2D eigenvalue weighted by molar-refractivity contribution is -0.112. The Kier molecular flexibility index (Phi) is 6.47. The van der Waals surface area contributed by atoms with Gasteiger partial charge in [0.15, 0.2) is 16.5 Å². The van der Waals surface area contributed by atoms with E-state index in [1.807, 2.05) is 18.2 Å². The Morgan fingerprint density at radius 3 is 2.77 bits per heavy atom. The van der Waals surface area contributed by atoms with Crippen molar-refractivity contribution in [1.82, 2.24) is 24.2 Å². The fourth-order valence-corrected chi connectivity index (χ4v) is 5.24. The van der Waals surface area contributed by atoms with Crippen molar-refractivity contribution in [2.45, 2.75) is 12.8 Å². The number of likely N-dealkylation sites (tertiary alicyclic amines) is 1. The molecule has 1 aliphatic heterocycles. The van der Waals surface area contributed by atoms with Crippen molar-refractivity contribution in [1.29, 1.82) is 0 Å². The minimum Gasteiger partial charge on any atom is -0.479 e. The number of hydrogen-bond donors (Lipinski definition) is 1. The van der Waals surface area contributed by atoms with Crippen LogP contribution in [-0.2, 0) is 11.2 Å². The van der Waals surface area contributed by atoms with Gasteiger partial charge in [0.1, 0.15) is 10.4 Å². The molecule has 35 heavy (non-hydrogen) atoms. The lowest BCUT2D eigenvalue weighted by Crippen LogP contribution is -2.30. The predicted molar refractivity (Wildman–Crippen MR) is 131 cm³/mol. The molecular formula is C23H20N6O4S2. The molecule has 1 fully saturated rings. The van der Waals surface area contributed by atoms with Crippen LogP contribution in [0.1, 0.15) is 32.1 Å². The first-order chi connectivity index (χ1) is 17.0. The number of fused-ring (bicyclic) bond motifs is 1. The topological polar surface area (TPSA) is 127 Å². The van der Waals surface area contributed by atoms with Crippen molar-refractivity contribution in [3.8, 4) is 5.88 Å². The van der Waals surface area contributed by atoms with Gasteiger partial charge in [-0.15, -0.1) is 11.3 Å². The Balaban J connectivity index is 1.38. The number of thiazole rings is 1. The average molecular weight is 509 g/mol. The van der Waals surface area contributed by atoms with Gasteiger partial charge in [-0.25, -0.2) is 9.97 Å². The van der Waals surface area contributed by atoms with Crippen molar-refractivity contribution in [2.24, 2.45) is 5.92 Å². The number of carbonyl (C=O) groups excluding carboxylic acids is 3. The number of rotatable bonds is 7. The molecular weight excluding hydrogens is 488 g/mol. The number of carbonyl (C=O) groups is 3. The number of anilines is 1. The number of nitrogens with one attached hydrogen (secondary N) is 1. The van der Waals surface area contributed by atoms with E-state index in [4.69, 9.17) is 4.74 Å². The Hall–Kier alpha value is -3.77.